The van der Waals surface area contributed by atoms with Gasteiger partial charge in [0.15, 0.2) is 11.7 Å². The second-order valence-electron chi connectivity index (χ2n) is 3.73. The largest absolute Gasteiger partial charge is 0.466 e. The summed E-state index contributed by atoms with van der Waals surface area (Å²) in [4.78, 5) is 33.3. The van der Waals surface area contributed by atoms with Gasteiger partial charge in [-0.25, -0.2) is 0 Å². The zero-order valence-corrected chi connectivity index (χ0v) is 10.7. The fraction of sp³-hybridized carbons (Fsp3) is 0.667. The molecule has 1 N–H and O–H groups in total. The molecule has 0 aliphatic heterocycles. The van der Waals surface area contributed by atoms with E-state index in [2.05, 4.69) is 5.32 Å². The molecule has 0 saturated heterocycles. The van der Waals surface area contributed by atoms with Gasteiger partial charge in [0.1, 0.15) is 0 Å². The Labute approximate surface area is 106 Å². The van der Waals surface area contributed by atoms with Crippen LogP contribution >= 0.6 is 0 Å². The lowest BCUT2D eigenvalue weighted by atomic mass is 10.1. The fourth-order valence-electron chi connectivity index (χ4n) is 1.28. The monoisotopic (exact) mass is 254 g/mol. The minimum Gasteiger partial charge on any atom is -0.466 e. The molecule has 1 atom stereocenters. The van der Waals surface area contributed by atoms with Gasteiger partial charge >= 0.3 is 5.97 Å². The number of nitrogens with zero attached hydrogens (tertiary/aromatic N) is 1. The Morgan fingerprint density at radius 3 is 2.50 bits per heavy atom. The average molecular weight is 254 g/mol. The van der Waals surface area contributed by atoms with Crippen molar-refractivity contribution in [3.8, 4) is 6.07 Å². The summed E-state index contributed by atoms with van der Waals surface area (Å²) in [5, 5.41) is 11.1. The quantitative estimate of drug-likeness (QED) is 0.388. The van der Waals surface area contributed by atoms with Crippen LogP contribution in [0.25, 0.3) is 0 Å². The highest BCUT2D eigenvalue weighted by Gasteiger charge is 2.21. The molecule has 0 heterocycles. The van der Waals surface area contributed by atoms with Crippen molar-refractivity contribution in [3.63, 3.8) is 0 Å². The van der Waals surface area contributed by atoms with Crippen LogP contribution in [-0.2, 0) is 19.1 Å². The molecule has 0 bridgehead atoms. The highest BCUT2D eigenvalue weighted by atomic mass is 16.5. The predicted molar refractivity (Wildman–Crippen MR) is 63.3 cm³/mol. The van der Waals surface area contributed by atoms with Gasteiger partial charge in [-0.1, -0.05) is 0 Å². The van der Waals surface area contributed by atoms with Gasteiger partial charge in [0.2, 0.25) is 5.91 Å². The van der Waals surface area contributed by atoms with Crippen molar-refractivity contribution >= 4 is 17.7 Å². The van der Waals surface area contributed by atoms with E-state index in [1.165, 1.54) is 6.92 Å². The van der Waals surface area contributed by atoms with E-state index in [1.807, 2.05) is 0 Å². The summed E-state index contributed by atoms with van der Waals surface area (Å²) in [6, 6.07) is 1.64. The Balaban J connectivity index is 3.73. The van der Waals surface area contributed by atoms with E-state index in [4.69, 9.17) is 10.00 Å². The maximum absolute atomic E-state index is 11.4. The molecule has 0 rings (SSSR count). The molecule has 0 saturated carbocycles. The normalized spacial score (nSPS) is 11.2. The van der Waals surface area contributed by atoms with Crippen molar-refractivity contribution in [2.75, 3.05) is 13.2 Å². The number of amides is 1. The van der Waals surface area contributed by atoms with Crippen LogP contribution < -0.4 is 5.32 Å². The Kier molecular flexibility index (Phi) is 8.20. The van der Waals surface area contributed by atoms with Crippen LogP contribution in [0.5, 0.6) is 0 Å². The molecule has 18 heavy (non-hydrogen) atoms. The number of Topliss-reactive ketones (excluding diaryl/α,β-unsaturated/α-hetero) is 1. The van der Waals surface area contributed by atoms with Crippen molar-refractivity contribution < 1.29 is 19.1 Å². The second kappa shape index (κ2) is 9.16. The molecule has 1 amide bonds. The third-order valence-corrected chi connectivity index (χ3v) is 2.21. The second-order valence-corrected chi connectivity index (χ2v) is 3.73. The van der Waals surface area contributed by atoms with E-state index < -0.39 is 17.6 Å². The smallest absolute Gasteiger partial charge is 0.305 e. The highest BCUT2D eigenvalue weighted by molar-refractivity contribution is 6.02. The van der Waals surface area contributed by atoms with Crippen molar-refractivity contribution in [1.29, 1.82) is 5.26 Å². The molecule has 0 spiro atoms. The van der Waals surface area contributed by atoms with Crippen molar-refractivity contribution in [2.24, 2.45) is 5.92 Å². The van der Waals surface area contributed by atoms with Crippen LogP contribution in [-0.4, -0.2) is 30.8 Å². The Hall–Kier alpha value is -1.90. The zero-order valence-electron chi connectivity index (χ0n) is 10.7. The van der Waals surface area contributed by atoms with Gasteiger partial charge in [0.25, 0.3) is 0 Å². The molecular weight excluding hydrogens is 236 g/mol. The van der Waals surface area contributed by atoms with E-state index in [1.54, 1.807) is 13.0 Å². The van der Waals surface area contributed by atoms with Crippen LogP contribution in [0, 0.1) is 17.2 Å². The lowest BCUT2D eigenvalue weighted by Crippen LogP contribution is -2.34. The minimum absolute atomic E-state index is 0.262. The molecule has 0 aromatic carbocycles. The molecule has 100 valence electrons. The lowest BCUT2D eigenvalue weighted by molar-refractivity contribution is -0.143. The molecule has 6 heteroatoms. The highest BCUT2D eigenvalue weighted by Crippen LogP contribution is 1.99. The number of carbonyl (C=O) groups excluding carboxylic acids is 3. The summed E-state index contributed by atoms with van der Waals surface area (Å²) in [7, 11) is 0. The minimum atomic E-state index is -1.24. The number of nitriles is 1. The Morgan fingerprint density at radius 2 is 2.00 bits per heavy atom. The SMILES string of the molecule is CCOC(=O)CCCCNC(=O)C(C#N)C(C)=O. The number of esters is 1. The van der Waals surface area contributed by atoms with Crippen molar-refractivity contribution in [2.45, 2.75) is 33.1 Å². The number of hydrogen-bond donors (Lipinski definition) is 1. The number of unbranched alkanes of at least 4 members (excludes halogenated alkanes) is 1. The molecular formula is C12H18N2O4. The molecule has 0 aliphatic rings. The summed E-state index contributed by atoms with van der Waals surface area (Å²) >= 11 is 0. The molecule has 6 nitrogen and oxygen atoms in total. The van der Waals surface area contributed by atoms with Crippen LogP contribution in [0.15, 0.2) is 0 Å². The number of rotatable bonds is 8. The van der Waals surface area contributed by atoms with Crippen LogP contribution in [0.3, 0.4) is 0 Å². The average Bonchev–Trinajstić information content (AvgIpc) is 2.29. The summed E-state index contributed by atoms with van der Waals surface area (Å²) in [5.41, 5.74) is 0. The summed E-state index contributed by atoms with van der Waals surface area (Å²) in [6.07, 6.45) is 1.50. The lowest BCUT2D eigenvalue weighted by Gasteiger charge is -2.07. The summed E-state index contributed by atoms with van der Waals surface area (Å²) in [6.45, 7) is 3.64. The number of hydrogen-bond acceptors (Lipinski definition) is 5. The number of carbonyl (C=O) groups is 3. The van der Waals surface area contributed by atoms with Gasteiger partial charge in [-0.3, -0.25) is 14.4 Å². The first kappa shape index (κ1) is 16.1. The van der Waals surface area contributed by atoms with Gasteiger partial charge in [-0.05, 0) is 26.7 Å². The van der Waals surface area contributed by atoms with Gasteiger partial charge in [0, 0.05) is 13.0 Å². The maximum atomic E-state index is 11.4. The topological polar surface area (TPSA) is 96.3 Å². The Bertz CT molecular complexity index is 346. The van der Waals surface area contributed by atoms with Gasteiger partial charge in [0.05, 0.1) is 12.7 Å². The predicted octanol–water partition coefficient (Wildman–Crippen LogP) is 0.565. The van der Waals surface area contributed by atoms with Crippen LogP contribution in [0.4, 0.5) is 0 Å². The van der Waals surface area contributed by atoms with Gasteiger partial charge < -0.3 is 10.1 Å². The van der Waals surface area contributed by atoms with Crippen LogP contribution in [0.1, 0.15) is 33.1 Å². The van der Waals surface area contributed by atoms with Gasteiger partial charge in [-0.15, -0.1) is 0 Å². The molecule has 0 fully saturated rings. The van der Waals surface area contributed by atoms with Crippen molar-refractivity contribution in [1.82, 2.24) is 5.32 Å². The van der Waals surface area contributed by atoms with E-state index >= 15 is 0 Å². The van der Waals surface area contributed by atoms with E-state index in [9.17, 15) is 14.4 Å². The number of ether oxygens (including phenoxy) is 1. The van der Waals surface area contributed by atoms with Crippen LogP contribution in [0.2, 0.25) is 0 Å². The van der Waals surface area contributed by atoms with E-state index in [-0.39, 0.29) is 5.97 Å². The maximum Gasteiger partial charge on any atom is 0.305 e. The molecule has 0 aromatic rings. The molecule has 0 aromatic heterocycles. The fourth-order valence-corrected chi connectivity index (χ4v) is 1.28. The number of nitrogens with one attached hydrogen (secondary N) is 1. The third kappa shape index (κ3) is 6.63. The third-order valence-electron chi connectivity index (χ3n) is 2.21. The standard InChI is InChI=1S/C12H18N2O4/c1-3-18-11(16)6-4-5-7-14-12(17)10(8-13)9(2)15/h10H,3-7H2,1-2H3,(H,14,17). The first-order valence-electron chi connectivity index (χ1n) is 5.86. The molecule has 0 aliphatic carbocycles. The Morgan fingerprint density at radius 1 is 1.33 bits per heavy atom. The number of ketones is 1. The van der Waals surface area contributed by atoms with Crippen molar-refractivity contribution in [3.05, 3.63) is 0 Å². The summed E-state index contributed by atoms with van der Waals surface area (Å²) < 4.78 is 4.74. The first-order valence-corrected chi connectivity index (χ1v) is 5.86. The zero-order chi connectivity index (χ0) is 14.0. The molecule has 1 unspecified atom stereocenters. The van der Waals surface area contributed by atoms with E-state index in [0.717, 1.165) is 0 Å². The molecule has 0 radical (unpaired) electrons. The van der Waals surface area contributed by atoms with E-state index in [0.29, 0.717) is 32.4 Å². The summed E-state index contributed by atoms with van der Waals surface area (Å²) in [5.74, 6) is -2.56. The first-order chi connectivity index (χ1) is 8.52. The van der Waals surface area contributed by atoms with Gasteiger partial charge in [-0.2, -0.15) is 5.26 Å².